The van der Waals surface area contributed by atoms with Crippen molar-refractivity contribution in [3.63, 3.8) is 0 Å². The van der Waals surface area contributed by atoms with Crippen LogP contribution in [-0.2, 0) is 13.1 Å². The lowest BCUT2D eigenvalue weighted by Gasteiger charge is -2.09. The van der Waals surface area contributed by atoms with Crippen LogP contribution in [0.2, 0.25) is 0 Å². The van der Waals surface area contributed by atoms with Gasteiger partial charge in [-0.15, -0.1) is 0 Å². The van der Waals surface area contributed by atoms with Gasteiger partial charge in [0.15, 0.2) is 11.6 Å². The Hall–Kier alpha value is -2.07. The molecule has 0 aliphatic carbocycles. The molecule has 1 N–H and O–H groups in total. The Kier molecular flexibility index (Phi) is 4.96. The maximum Gasteiger partial charge on any atom is 0.169 e. The van der Waals surface area contributed by atoms with Gasteiger partial charge in [-0.2, -0.15) is 0 Å². The van der Waals surface area contributed by atoms with Crippen molar-refractivity contribution in [2.75, 3.05) is 14.2 Å². The van der Waals surface area contributed by atoms with Gasteiger partial charge in [-0.1, -0.05) is 24.3 Å². The summed E-state index contributed by atoms with van der Waals surface area (Å²) in [6.45, 7) is 1.09. The van der Waals surface area contributed by atoms with Crippen LogP contribution in [-0.4, -0.2) is 14.2 Å². The fraction of sp³-hybridized carbons (Fsp3) is 0.250. The maximum absolute atomic E-state index is 13.9. The van der Waals surface area contributed by atoms with E-state index in [0.29, 0.717) is 18.7 Å². The zero-order valence-corrected chi connectivity index (χ0v) is 11.7. The molecule has 2 rings (SSSR count). The topological polar surface area (TPSA) is 30.5 Å². The van der Waals surface area contributed by atoms with Gasteiger partial charge in [0.05, 0.1) is 14.2 Å². The van der Waals surface area contributed by atoms with Gasteiger partial charge in [-0.25, -0.2) is 4.39 Å². The molecule has 3 nitrogen and oxygen atoms in total. The predicted molar refractivity (Wildman–Crippen MR) is 76.5 cm³/mol. The summed E-state index contributed by atoms with van der Waals surface area (Å²) in [4.78, 5) is 0. The fourth-order valence-electron chi connectivity index (χ4n) is 1.97. The second-order valence-corrected chi connectivity index (χ2v) is 4.39. The van der Waals surface area contributed by atoms with Crippen LogP contribution in [0.25, 0.3) is 0 Å². The molecule has 0 amide bonds. The zero-order valence-electron chi connectivity index (χ0n) is 11.7. The van der Waals surface area contributed by atoms with Crippen molar-refractivity contribution in [2.45, 2.75) is 13.1 Å². The summed E-state index contributed by atoms with van der Waals surface area (Å²) in [7, 11) is 3.10. The van der Waals surface area contributed by atoms with E-state index in [1.165, 1.54) is 7.11 Å². The van der Waals surface area contributed by atoms with Crippen LogP contribution >= 0.6 is 0 Å². The molecule has 0 spiro atoms. The molecular weight excluding hydrogens is 257 g/mol. The largest absolute Gasteiger partial charge is 0.497 e. The van der Waals surface area contributed by atoms with Crippen LogP contribution in [0, 0.1) is 5.82 Å². The van der Waals surface area contributed by atoms with Gasteiger partial charge in [0, 0.05) is 18.7 Å². The number of rotatable bonds is 6. The molecule has 0 saturated carbocycles. The van der Waals surface area contributed by atoms with Crippen molar-refractivity contribution in [1.82, 2.24) is 5.32 Å². The Morgan fingerprint density at radius 2 is 1.80 bits per heavy atom. The van der Waals surface area contributed by atoms with E-state index in [2.05, 4.69) is 5.32 Å². The number of nitrogens with one attached hydrogen (secondary N) is 1. The van der Waals surface area contributed by atoms with E-state index in [1.807, 2.05) is 24.3 Å². The smallest absolute Gasteiger partial charge is 0.169 e. The first kappa shape index (κ1) is 14.3. The molecule has 0 aliphatic heterocycles. The highest BCUT2D eigenvalue weighted by Crippen LogP contribution is 2.20. The van der Waals surface area contributed by atoms with Crippen molar-refractivity contribution < 1.29 is 13.9 Å². The van der Waals surface area contributed by atoms with Gasteiger partial charge < -0.3 is 14.8 Å². The van der Waals surface area contributed by atoms with Crippen molar-refractivity contribution >= 4 is 0 Å². The third-order valence-corrected chi connectivity index (χ3v) is 3.04. The number of hydrogen-bond donors (Lipinski definition) is 1. The maximum atomic E-state index is 13.9. The fourth-order valence-corrected chi connectivity index (χ4v) is 1.97. The lowest BCUT2D eigenvalue weighted by Crippen LogP contribution is -2.14. The molecule has 0 radical (unpaired) electrons. The van der Waals surface area contributed by atoms with Gasteiger partial charge in [0.1, 0.15) is 5.75 Å². The summed E-state index contributed by atoms with van der Waals surface area (Å²) in [5.74, 6) is 0.774. The Morgan fingerprint density at radius 3 is 2.55 bits per heavy atom. The second kappa shape index (κ2) is 6.91. The summed E-state index contributed by atoms with van der Waals surface area (Å²) in [6.07, 6.45) is 0. The molecule has 0 fully saturated rings. The molecule has 0 atom stereocenters. The average Bonchev–Trinajstić information content (AvgIpc) is 2.49. The minimum atomic E-state index is -0.312. The van der Waals surface area contributed by atoms with Gasteiger partial charge in [-0.3, -0.25) is 0 Å². The SMILES string of the molecule is COc1cccc(CNCc2cccc(OC)c2F)c1. The Morgan fingerprint density at radius 1 is 1.00 bits per heavy atom. The lowest BCUT2D eigenvalue weighted by atomic mass is 10.1. The minimum Gasteiger partial charge on any atom is -0.497 e. The van der Waals surface area contributed by atoms with Crippen LogP contribution in [0.3, 0.4) is 0 Å². The van der Waals surface area contributed by atoms with Crippen molar-refractivity contribution in [3.8, 4) is 11.5 Å². The first-order valence-corrected chi connectivity index (χ1v) is 6.39. The Balaban J connectivity index is 1.96. The van der Waals surface area contributed by atoms with Crippen molar-refractivity contribution in [2.24, 2.45) is 0 Å². The first-order chi connectivity index (χ1) is 9.74. The predicted octanol–water partition coefficient (Wildman–Crippen LogP) is 3.13. The molecule has 2 aromatic carbocycles. The number of methoxy groups -OCH3 is 2. The summed E-state index contributed by atoms with van der Waals surface area (Å²) in [5.41, 5.74) is 1.68. The third-order valence-electron chi connectivity index (χ3n) is 3.04. The standard InChI is InChI=1S/C16H18FNO2/c1-19-14-7-3-5-12(9-14)10-18-11-13-6-4-8-15(20-2)16(13)17/h3-9,18H,10-11H2,1-2H3. The summed E-state index contributed by atoms with van der Waals surface area (Å²) in [5, 5.41) is 3.21. The molecule has 20 heavy (non-hydrogen) atoms. The van der Waals surface area contributed by atoms with E-state index < -0.39 is 0 Å². The highest BCUT2D eigenvalue weighted by molar-refractivity contribution is 5.31. The molecule has 0 bridgehead atoms. The quantitative estimate of drug-likeness (QED) is 0.878. The summed E-state index contributed by atoms with van der Waals surface area (Å²) in [6, 6.07) is 12.9. The average molecular weight is 275 g/mol. The normalized spacial score (nSPS) is 10.3. The molecule has 0 aliphatic rings. The Labute approximate surface area is 118 Å². The highest BCUT2D eigenvalue weighted by atomic mass is 19.1. The van der Waals surface area contributed by atoms with Crippen LogP contribution in [0.15, 0.2) is 42.5 Å². The molecule has 2 aromatic rings. The zero-order chi connectivity index (χ0) is 14.4. The Bertz CT molecular complexity index is 572. The van der Waals surface area contributed by atoms with E-state index in [0.717, 1.165) is 11.3 Å². The lowest BCUT2D eigenvalue weighted by molar-refractivity contribution is 0.383. The first-order valence-electron chi connectivity index (χ1n) is 6.39. The molecule has 4 heteroatoms. The van der Waals surface area contributed by atoms with Crippen molar-refractivity contribution in [3.05, 3.63) is 59.4 Å². The van der Waals surface area contributed by atoms with Gasteiger partial charge in [-0.05, 0) is 23.8 Å². The summed E-state index contributed by atoms with van der Waals surface area (Å²) >= 11 is 0. The van der Waals surface area contributed by atoms with Crippen LogP contribution in [0.4, 0.5) is 4.39 Å². The van der Waals surface area contributed by atoms with Crippen LogP contribution in [0.5, 0.6) is 11.5 Å². The number of benzene rings is 2. The molecule has 106 valence electrons. The number of ether oxygens (including phenoxy) is 2. The van der Waals surface area contributed by atoms with Gasteiger partial charge >= 0.3 is 0 Å². The molecule has 0 heterocycles. The summed E-state index contributed by atoms with van der Waals surface area (Å²) < 4.78 is 24.1. The van der Waals surface area contributed by atoms with E-state index >= 15 is 0 Å². The molecule has 0 aromatic heterocycles. The van der Waals surface area contributed by atoms with Gasteiger partial charge in [0.25, 0.3) is 0 Å². The van der Waals surface area contributed by atoms with Gasteiger partial charge in [0.2, 0.25) is 0 Å². The van der Waals surface area contributed by atoms with Crippen LogP contribution in [0.1, 0.15) is 11.1 Å². The molecule has 0 unspecified atom stereocenters. The monoisotopic (exact) mass is 275 g/mol. The van der Waals surface area contributed by atoms with E-state index in [1.54, 1.807) is 25.3 Å². The van der Waals surface area contributed by atoms with Crippen molar-refractivity contribution in [1.29, 1.82) is 0 Å². The van der Waals surface area contributed by atoms with Crippen LogP contribution < -0.4 is 14.8 Å². The molecule has 0 saturated heterocycles. The number of halogens is 1. The third kappa shape index (κ3) is 3.48. The second-order valence-electron chi connectivity index (χ2n) is 4.39. The van der Waals surface area contributed by atoms with E-state index in [9.17, 15) is 4.39 Å². The number of hydrogen-bond acceptors (Lipinski definition) is 3. The molecular formula is C16H18FNO2. The van der Waals surface area contributed by atoms with E-state index in [-0.39, 0.29) is 11.6 Å². The minimum absolute atomic E-state index is 0.269. The van der Waals surface area contributed by atoms with E-state index in [4.69, 9.17) is 9.47 Å². The highest BCUT2D eigenvalue weighted by Gasteiger charge is 2.07.